The number of halogens is 1. The number of benzene rings is 2. The molecule has 3 amide bonds. The van der Waals surface area contributed by atoms with E-state index >= 15 is 0 Å². The molecule has 1 saturated heterocycles. The summed E-state index contributed by atoms with van der Waals surface area (Å²) in [4.78, 5) is 50.1. The first-order valence-electron chi connectivity index (χ1n) is 10.4. The predicted octanol–water partition coefficient (Wildman–Crippen LogP) is 4.65. The minimum Gasteiger partial charge on any atom is -0.482 e. The van der Waals surface area contributed by atoms with E-state index in [4.69, 9.17) is 21.1 Å². The number of ether oxygens (including phenoxy) is 2. The lowest BCUT2D eigenvalue weighted by Gasteiger charge is -2.19. The molecule has 178 valence electrons. The molecule has 1 heterocycles. The summed E-state index contributed by atoms with van der Waals surface area (Å²) in [5.41, 5.74) is 2.29. The van der Waals surface area contributed by atoms with Gasteiger partial charge in [0.25, 0.3) is 17.1 Å². The van der Waals surface area contributed by atoms with Crippen molar-refractivity contribution < 1.29 is 28.7 Å². The van der Waals surface area contributed by atoms with Crippen LogP contribution in [-0.2, 0) is 19.1 Å². The zero-order chi connectivity index (χ0) is 24.8. The number of rotatable bonds is 8. The Morgan fingerprint density at radius 1 is 1.18 bits per heavy atom. The number of thioether (sulfide) groups is 1. The van der Waals surface area contributed by atoms with Crippen LogP contribution >= 0.6 is 23.4 Å². The predicted molar refractivity (Wildman–Crippen MR) is 131 cm³/mol. The number of carbonyl (C=O) groups excluding carboxylic acids is 4. The third kappa shape index (κ3) is 6.18. The van der Waals surface area contributed by atoms with Crippen LogP contribution in [0.4, 0.5) is 10.5 Å². The lowest BCUT2D eigenvalue weighted by Crippen LogP contribution is -2.42. The van der Waals surface area contributed by atoms with Gasteiger partial charge in [0.2, 0.25) is 0 Å². The van der Waals surface area contributed by atoms with E-state index in [1.54, 1.807) is 37.3 Å². The highest BCUT2D eigenvalue weighted by molar-refractivity contribution is 8.18. The number of hydrogen-bond donors (Lipinski definition) is 1. The molecule has 0 bridgehead atoms. The van der Waals surface area contributed by atoms with Crippen LogP contribution in [0.3, 0.4) is 0 Å². The maximum Gasteiger partial charge on any atom is 0.329 e. The summed E-state index contributed by atoms with van der Waals surface area (Å²) in [5, 5.41) is 2.41. The Hall–Kier alpha value is -3.30. The summed E-state index contributed by atoms with van der Waals surface area (Å²) in [6, 6.07) is 11.1. The minimum absolute atomic E-state index is 0.149. The second kappa shape index (κ2) is 11.2. The standard InChI is InChI=1S/C24H23ClN2O6S/c1-4-32-23(30)15(3)27-22(29)20(34-24(27)31)12-16-7-10-19(18(25)11-16)33-13-21(28)26-17-8-5-14(2)6-9-17/h5-12,15H,4,13H2,1-3H3,(H,26,28)/b20-12+/t15-/m1/s1. The van der Waals surface area contributed by atoms with Crippen molar-refractivity contribution in [3.05, 3.63) is 63.5 Å². The molecule has 10 heteroatoms. The second-order valence-electron chi connectivity index (χ2n) is 7.37. The first-order valence-corrected chi connectivity index (χ1v) is 11.6. The monoisotopic (exact) mass is 502 g/mol. The molecule has 8 nitrogen and oxygen atoms in total. The molecular formula is C24H23ClN2O6S. The molecular weight excluding hydrogens is 480 g/mol. The van der Waals surface area contributed by atoms with Gasteiger partial charge in [-0.05, 0) is 68.4 Å². The largest absolute Gasteiger partial charge is 0.482 e. The molecule has 0 aromatic heterocycles. The number of aryl methyl sites for hydroxylation is 1. The molecule has 0 spiro atoms. The molecule has 34 heavy (non-hydrogen) atoms. The number of amides is 3. The highest BCUT2D eigenvalue weighted by Crippen LogP contribution is 2.35. The molecule has 3 rings (SSSR count). The lowest BCUT2D eigenvalue weighted by molar-refractivity contribution is -0.150. The van der Waals surface area contributed by atoms with E-state index in [1.165, 1.54) is 13.0 Å². The molecule has 2 aromatic carbocycles. The van der Waals surface area contributed by atoms with Crippen molar-refractivity contribution in [3.8, 4) is 5.75 Å². The minimum atomic E-state index is -1.02. The van der Waals surface area contributed by atoms with Crippen LogP contribution in [0.15, 0.2) is 47.4 Å². The van der Waals surface area contributed by atoms with Crippen molar-refractivity contribution in [2.45, 2.75) is 26.8 Å². The zero-order valence-corrected chi connectivity index (χ0v) is 20.4. The molecule has 0 saturated carbocycles. The average molecular weight is 503 g/mol. The lowest BCUT2D eigenvalue weighted by atomic mass is 10.2. The van der Waals surface area contributed by atoms with Gasteiger partial charge in [-0.3, -0.25) is 19.3 Å². The Balaban J connectivity index is 1.63. The SMILES string of the molecule is CCOC(=O)[C@@H](C)N1C(=O)S/C(=C/c2ccc(OCC(=O)Nc3ccc(C)cc3)c(Cl)c2)C1=O. The summed E-state index contributed by atoms with van der Waals surface area (Å²) in [5.74, 6) is -1.28. The maximum atomic E-state index is 12.7. The smallest absolute Gasteiger partial charge is 0.329 e. The normalized spacial score (nSPS) is 15.4. The van der Waals surface area contributed by atoms with Crippen LogP contribution in [0.1, 0.15) is 25.0 Å². The van der Waals surface area contributed by atoms with Gasteiger partial charge in [0, 0.05) is 5.69 Å². The highest BCUT2D eigenvalue weighted by atomic mass is 35.5. The van der Waals surface area contributed by atoms with E-state index in [0.29, 0.717) is 17.0 Å². The van der Waals surface area contributed by atoms with Crippen molar-refractivity contribution in [2.24, 2.45) is 0 Å². The van der Waals surface area contributed by atoms with Gasteiger partial charge < -0.3 is 14.8 Å². The van der Waals surface area contributed by atoms with Crippen molar-refractivity contribution >= 4 is 58.1 Å². The molecule has 1 fully saturated rings. The second-order valence-corrected chi connectivity index (χ2v) is 8.77. The van der Waals surface area contributed by atoms with Crippen molar-refractivity contribution in [3.63, 3.8) is 0 Å². The van der Waals surface area contributed by atoms with E-state index in [9.17, 15) is 19.2 Å². The summed E-state index contributed by atoms with van der Waals surface area (Å²) in [6.45, 7) is 4.95. The number of esters is 1. The molecule has 0 unspecified atom stereocenters. The van der Waals surface area contributed by atoms with Gasteiger partial charge in [0.15, 0.2) is 6.61 Å². The van der Waals surface area contributed by atoms with Crippen LogP contribution in [0.25, 0.3) is 6.08 Å². The number of carbonyl (C=O) groups is 4. The first kappa shape index (κ1) is 25.3. The van der Waals surface area contributed by atoms with Gasteiger partial charge in [0.05, 0.1) is 16.5 Å². The summed E-state index contributed by atoms with van der Waals surface area (Å²) in [7, 11) is 0. The molecule has 0 aliphatic carbocycles. The van der Waals surface area contributed by atoms with Crippen LogP contribution < -0.4 is 10.1 Å². The van der Waals surface area contributed by atoms with Crippen LogP contribution in [-0.4, -0.2) is 47.2 Å². The van der Waals surface area contributed by atoms with Crippen LogP contribution in [0, 0.1) is 6.92 Å². The third-order valence-corrected chi connectivity index (χ3v) is 5.97. The summed E-state index contributed by atoms with van der Waals surface area (Å²) >= 11 is 7.01. The fourth-order valence-electron chi connectivity index (χ4n) is 3.03. The fourth-order valence-corrected chi connectivity index (χ4v) is 4.19. The van der Waals surface area contributed by atoms with Crippen molar-refractivity contribution in [2.75, 3.05) is 18.5 Å². The van der Waals surface area contributed by atoms with Gasteiger partial charge in [-0.1, -0.05) is 35.4 Å². The molecule has 1 aliphatic heterocycles. The first-order chi connectivity index (χ1) is 16.2. The fraction of sp³-hybridized carbons (Fsp3) is 0.250. The Morgan fingerprint density at radius 2 is 1.88 bits per heavy atom. The zero-order valence-electron chi connectivity index (χ0n) is 18.8. The third-order valence-electron chi connectivity index (χ3n) is 4.79. The number of nitrogens with zero attached hydrogens (tertiary/aromatic N) is 1. The summed E-state index contributed by atoms with van der Waals surface area (Å²) < 4.78 is 10.4. The van der Waals surface area contributed by atoms with Crippen molar-refractivity contribution in [1.82, 2.24) is 4.90 Å². The topological polar surface area (TPSA) is 102 Å². The number of nitrogens with one attached hydrogen (secondary N) is 1. The van der Waals surface area contributed by atoms with Gasteiger partial charge in [-0.15, -0.1) is 0 Å². The molecule has 1 N–H and O–H groups in total. The number of hydrogen-bond acceptors (Lipinski definition) is 7. The van der Waals surface area contributed by atoms with E-state index < -0.39 is 23.2 Å². The molecule has 1 aliphatic rings. The van der Waals surface area contributed by atoms with Gasteiger partial charge >= 0.3 is 5.97 Å². The molecule has 0 radical (unpaired) electrons. The molecule has 2 aromatic rings. The maximum absolute atomic E-state index is 12.7. The Bertz CT molecular complexity index is 1150. The van der Waals surface area contributed by atoms with Crippen molar-refractivity contribution in [1.29, 1.82) is 0 Å². The Kier molecular flexibility index (Phi) is 8.36. The number of anilines is 1. The van der Waals surface area contributed by atoms with E-state index in [-0.39, 0.29) is 29.0 Å². The Morgan fingerprint density at radius 3 is 2.53 bits per heavy atom. The van der Waals surface area contributed by atoms with Gasteiger partial charge in [0.1, 0.15) is 11.8 Å². The Labute approximate surface area is 206 Å². The van der Waals surface area contributed by atoms with E-state index in [2.05, 4.69) is 5.32 Å². The van der Waals surface area contributed by atoms with E-state index in [0.717, 1.165) is 22.2 Å². The van der Waals surface area contributed by atoms with Crippen LogP contribution in [0.2, 0.25) is 5.02 Å². The van der Waals surface area contributed by atoms with Gasteiger partial charge in [-0.25, -0.2) is 4.79 Å². The average Bonchev–Trinajstić information content (AvgIpc) is 3.07. The van der Waals surface area contributed by atoms with Gasteiger partial charge in [-0.2, -0.15) is 0 Å². The van der Waals surface area contributed by atoms with Crippen LogP contribution in [0.5, 0.6) is 5.75 Å². The summed E-state index contributed by atoms with van der Waals surface area (Å²) in [6.07, 6.45) is 1.50. The quantitative estimate of drug-likeness (QED) is 0.414. The highest BCUT2D eigenvalue weighted by Gasteiger charge is 2.41. The number of imide groups is 1. The van der Waals surface area contributed by atoms with E-state index in [1.807, 2.05) is 19.1 Å². The molecule has 1 atom stereocenters.